The van der Waals surface area contributed by atoms with Gasteiger partial charge >= 0.3 is 5.97 Å². The molecule has 1 fully saturated rings. The van der Waals surface area contributed by atoms with Gasteiger partial charge < -0.3 is 10.0 Å². The molecule has 0 aliphatic heterocycles. The molecule has 1 heterocycles. The number of hydrogen-bond donors (Lipinski definition) is 1. The number of thiophene rings is 1. The van der Waals surface area contributed by atoms with Crippen molar-refractivity contribution in [2.24, 2.45) is 0 Å². The molecule has 0 saturated heterocycles. The molecule has 116 valence electrons. The number of carbonyl (C=O) groups excluding carboxylic acids is 1. The molecule has 1 N–H and O–H groups in total. The van der Waals surface area contributed by atoms with Crippen molar-refractivity contribution in [2.45, 2.75) is 37.6 Å². The summed E-state index contributed by atoms with van der Waals surface area (Å²) in [5.41, 5.74) is -1.05. The fourth-order valence-corrected chi connectivity index (χ4v) is 4.31. The Hall–Kier alpha value is -1.88. The van der Waals surface area contributed by atoms with Gasteiger partial charge in [0.2, 0.25) is 0 Å². The number of carboxylic acid groups (broad SMARTS) is 1. The van der Waals surface area contributed by atoms with Gasteiger partial charge in [-0.15, -0.1) is 11.3 Å². The highest BCUT2D eigenvalue weighted by atomic mass is 32.1. The minimum Gasteiger partial charge on any atom is -0.479 e. The Balaban J connectivity index is 1.94. The van der Waals surface area contributed by atoms with Crippen molar-refractivity contribution in [1.82, 2.24) is 4.90 Å². The van der Waals surface area contributed by atoms with E-state index in [4.69, 9.17) is 0 Å². The van der Waals surface area contributed by atoms with Crippen molar-refractivity contribution in [2.75, 3.05) is 7.05 Å². The van der Waals surface area contributed by atoms with Crippen LogP contribution < -0.4 is 0 Å². The van der Waals surface area contributed by atoms with E-state index in [1.807, 2.05) is 30.3 Å². The Morgan fingerprint density at radius 2 is 1.86 bits per heavy atom. The summed E-state index contributed by atoms with van der Waals surface area (Å²) in [7, 11) is 1.63. The molecule has 0 bridgehead atoms. The van der Waals surface area contributed by atoms with Gasteiger partial charge in [0.25, 0.3) is 5.91 Å². The zero-order valence-corrected chi connectivity index (χ0v) is 13.4. The minimum absolute atomic E-state index is 0.189. The predicted molar refractivity (Wildman–Crippen MR) is 87.4 cm³/mol. The van der Waals surface area contributed by atoms with E-state index in [0.717, 1.165) is 29.3 Å². The molecule has 1 saturated carbocycles. The first-order chi connectivity index (χ1) is 10.5. The highest BCUT2D eigenvalue weighted by molar-refractivity contribution is 7.20. The molecule has 1 amide bonds. The van der Waals surface area contributed by atoms with E-state index < -0.39 is 11.5 Å². The quantitative estimate of drug-likeness (QED) is 0.937. The third kappa shape index (κ3) is 2.39. The van der Waals surface area contributed by atoms with E-state index in [9.17, 15) is 14.7 Å². The average Bonchev–Trinajstić information content (AvgIpc) is 2.98. The number of carboxylic acids is 1. The Morgan fingerprint density at radius 3 is 2.50 bits per heavy atom. The third-order valence-electron chi connectivity index (χ3n) is 4.66. The lowest BCUT2D eigenvalue weighted by molar-refractivity contribution is -0.151. The summed E-state index contributed by atoms with van der Waals surface area (Å²) in [5, 5.41) is 10.7. The molecule has 2 aromatic rings. The third-order valence-corrected chi connectivity index (χ3v) is 5.77. The molecule has 1 aromatic heterocycles. The van der Waals surface area contributed by atoms with Gasteiger partial charge in [0, 0.05) is 11.7 Å². The van der Waals surface area contributed by atoms with Crippen LogP contribution in [-0.2, 0) is 4.79 Å². The Labute approximate surface area is 133 Å². The summed E-state index contributed by atoms with van der Waals surface area (Å²) in [6.45, 7) is 0. The van der Waals surface area contributed by atoms with Crippen LogP contribution in [0.5, 0.6) is 0 Å². The van der Waals surface area contributed by atoms with Crippen LogP contribution >= 0.6 is 11.3 Å². The van der Waals surface area contributed by atoms with Crippen LogP contribution in [0.25, 0.3) is 10.1 Å². The van der Waals surface area contributed by atoms with Gasteiger partial charge in [-0.1, -0.05) is 37.5 Å². The SMILES string of the molecule is CN(C(=O)c1cc2ccccc2s1)C1(C(=O)O)CCCCC1. The van der Waals surface area contributed by atoms with Crippen molar-refractivity contribution >= 4 is 33.3 Å². The normalized spacial score (nSPS) is 17.3. The van der Waals surface area contributed by atoms with Crippen molar-refractivity contribution in [3.05, 3.63) is 35.2 Å². The second-order valence-electron chi connectivity index (χ2n) is 5.91. The molecule has 5 heteroatoms. The van der Waals surface area contributed by atoms with Gasteiger partial charge in [0.1, 0.15) is 5.54 Å². The number of benzene rings is 1. The van der Waals surface area contributed by atoms with Crippen molar-refractivity contribution in [3.63, 3.8) is 0 Å². The monoisotopic (exact) mass is 317 g/mol. The highest BCUT2D eigenvalue weighted by Gasteiger charge is 2.45. The Kier molecular flexibility index (Phi) is 3.91. The number of hydrogen-bond acceptors (Lipinski definition) is 3. The number of carbonyl (C=O) groups is 2. The van der Waals surface area contributed by atoms with Crippen LogP contribution in [0.2, 0.25) is 0 Å². The topological polar surface area (TPSA) is 57.6 Å². The number of aliphatic carboxylic acids is 1. The van der Waals surface area contributed by atoms with E-state index in [2.05, 4.69) is 0 Å². The molecule has 0 spiro atoms. The molecule has 22 heavy (non-hydrogen) atoms. The van der Waals surface area contributed by atoms with Crippen LogP contribution in [0.3, 0.4) is 0 Å². The summed E-state index contributed by atoms with van der Waals surface area (Å²) in [5.74, 6) is -1.07. The van der Waals surface area contributed by atoms with Crippen molar-refractivity contribution in [1.29, 1.82) is 0 Å². The summed E-state index contributed by atoms with van der Waals surface area (Å²) < 4.78 is 1.05. The van der Waals surface area contributed by atoms with E-state index in [0.29, 0.717) is 17.7 Å². The lowest BCUT2D eigenvalue weighted by atomic mass is 9.80. The fraction of sp³-hybridized carbons (Fsp3) is 0.412. The molecule has 4 nitrogen and oxygen atoms in total. The van der Waals surface area contributed by atoms with Crippen LogP contribution in [0.4, 0.5) is 0 Å². The van der Waals surface area contributed by atoms with Crippen molar-refractivity contribution < 1.29 is 14.7 Å². The van der Waals surface area contributed by atoms with Gasteiger partial charge in [0.15, 0.2) is 0 Å². The van der Waals surface area contributed by atoms with Crippen LogP contribution in [0.1, 0.15) is 41.8 Å². The molecule has 1 aliphatic carbocycles. The van der Waals surface area contributed by atoms with Gasteiger partial charge in [-0.3, -0.25) is 4.79 Å². The number of fused-ring (bicyclic) bond motifs is 1. The zero-order valence-electron chi connectivity index (χ0n) is 12.5. The number of nitrogens with zero attached hydrogens (tertiary/aromatic N) is 1. The number of likely N-dealkylation sites (N-methyl/N-ethyl adjacent to an activating group) is 1. The molecule has 0 radical (unpaired) electrons. The second-order valence-corrected chi connectivity index (χ2v) is 6.99. The van der Waals surface area contributed by atoms with Gasteiger partial charge in [-0.2, -0.15) is 0 Å². The lowest BCUT2D eigenvalue weighted by Gasteiger charge is -2.40. The van der Waals surface area contributed by atoms with Crippen molar-refractivity contribution in [3.8, 4) is 0 Å². The Morgan fingerprint density at radius 1 is 1.18 bits per heavy atom. The smallest absolute Gasteiger partial charge is 0.329 e. The zero-order chi connectivity index (χ0) is 15.7. The molecular formula is C17H19NO3S. The second kappa shape index (κ2) is 5.72. The maximum atomic E-state index is 12.8. The first-order valence-corrected chi connectivity index (χ1v) is 8.36. The summed E-state index contributed by atoms with van der Waals surface area (Å²) in [6, 6.07) is 9.68. The maximum Gasteiger partial charge on any atom is 0.329 e. The van der Waals surface area contributed by atoms with E-state index in [-0.39, 0.29) is 5.91 Å². The predicted octanol–water partition coefficient (Wildman–Crippen LogP) is 3.76. The lowest BCUT2D eigenvalue weighted by Crippen LogP contribution is -2.56. The Bertz CT molecular complexity index is 683. The molecule has 0 unspecified atom stereocenters. The molecule has 3 rings (SSSR count). The average molecular weight is 317 g/mol. The summed E-state index contributed by atoms with van der Waals surface area (Å²) in [6.07, 6.45) is 3.83. The molecule has 1 aliphatic rings. The minimum atomic E-state index is -1.05. The van der Waals surface area contributed by atoms with Crippen LogP contribution in [0, 0.1) is 0 Å². The van der Waals surface area contributed by atoms with Crippen LogP contribution in [-0.4, -0.2) is 34.5 Å². The first kappa shape index (κ1) is 15.0. The largest absolute Gasteiger partial charge is 0.479 e. The molecule has 0 atom stereocenters. The van der Waals surface area contributed by atoms with E-state index >= 15 is 0 Å². The molecule has 1 aromatic carbocycles. The summed E-state index contributed by atoms with van der Waals surface area (Å²) in [4.78, 5) is 26.7. The van der Waals surface area contributed by atoms with Gasteiger partial charge in [-0.05, 0) is 30.4 Å². The number of rotatable bonds is 3. The van der Waals surface area contributed by atoms with Gasteiger partial charge in [0.05, 0.1) is 4.88 Å². The van der Waals surface area contributed by atoms with E-state index in [1.165, 1.54) is 16.2 Å². The van der Waals surface area contributed by atoms with Crippen LogP contribution in [0.15, 0.2) is 30.3 Å². The summed E-state index contributed by atoms with van der Waals surface area (Å²) >= 11 is 1.42. The maximum absolute atomic E-state index is 12.8. The van der Waals surface area contributed by atoms with E-state index in [1.54, 1.807) is 7.05 Å². The fourth-order valence-electron chi connectivity index (χ4n) is 3.28. The van der Waals surface area contributed by atoms with Gasteiger partial charge in [-0.25, -0.2) is 4.79 Å². The first-order valence-electron chi connectivity index (χ1n) is 7.55. The number of amides is 1. The standard InChI is InChI=1S/C17H19NO3S/c1-18(17(16(20)21)9-5-2-6-10-17)15(19)14-11-12-7-3-4-8-13(12)22-14/h3-4,7-8,11H,2,5-6,9-10H2,1H3,(H,20,21). The molecular weight excluding hydrogens is 298 g/mol. The highest BCUT2D eigenvalue weighted by Crippen LogP contribution is 2.35.